The predicted molar refractivity (Wildman–Crippen MR) is 265 cm³/mol. The number of hydrogen-bond acceptors (Lipinski definition) is 6. The van der Waals surface area contributed by atoms with Gasteiger partial charge in [0, 0.05) is 24.4 Å². The van der Waals surface area contributed by atoms with Gasteiger partial charge in [-0.1, -0.05) is 152 Å². The van der Waals surface area contributed by atoms with Crippen molar-refractivity contribution in [2.45, 2.75) is 189 Å². The highest BCUT2D eigenvalue weighted by atomic mass is 28.4. The van der Waals surface area contributed by atoms with Crippen LogP contribution in [-0.4, -0.2) is 63.6 Å². The summed E-state index contributed by atoms with van der Waals surface area (Å²) in [6.07, 6.45) is 5.68. The Morgan fingerprint density at radius 1 is 0.550 bits per heavy atom. The zero-order valence-electron chi connectivity index (χ0n) is 42.5. The van der Waals surface area contributed by atoms with Crippen molar-refractivity contribution in [3.8, 4) is 5.75 Å². The van der Waals surface area contributed by atoms with Crippen molar-refractivity contribution in [1.29, 1.82) is 0 Å². The Balaban J connectivity index is 2.46. The van der Waals surface area contributed by atoms with E-state index < -0.39 is 25.0 Å². The lowest BCUT2D eigenvalue weighted by Crippen LogP contribution is -2.49. The first-order chi connectivity index (χ1) is 27.4. The third-order valence-corrected chi connectivity index (χ3v) is 27.6. The Labute approximate surface area is 373 Å². The molecule has 0 amide bonds. The molecule has 0 radical (unpaired) electrons. The van der Waals surface area contributed by atoms with Crippen molar-refractivity contribution < 1.29 is 27.5 Å². The van der Waals surface area contributed by atoms with E-state index in [1.54, 1.807) is 7.11 Å². The van der Waals surface area contributed by atoms with Gasteiger partial charge in [0.25, 0.3) is 0 Å². The molecule has 344 valence electrons. The molecule has 0 heterocycles. The molecule has 0 N–H and O–H groups in total. The van der Waals surface area contributed by atoms with E-state index in [0.717, 1.165) is 24.3 Å². The fourth-order valence-corrected chi connectivity index (χ4v) is 10.8. The van der Waals surface area contributed by atoms with Crippen LogP contribution in [0.2, 0.25) is 54.4 Å². The van der Waals surface area contributed by atoms with Gasteiger partial charge < -0.3 is 27.5 Å². The molecular formula is C51H92O6Si3. The number of methoxy groups -OCH3 is 1. The molecule has 2 rings (SSSR count). The lowest BCUT2D eigenvalue weighted by molar-refractivity contribution is -0.0733. The van der Waals surface area contributed by atoms with Gasteiger partial charge >= 0.3 is 0 Å². The molecule has 0 aliphatic carbocycles. The van der Waals surface area contributed by atoms with Gasteiger partial charge in [0.2, 0.25) is 0 Å². The molecule has 2 aromatic rings. The molecular weight excluding hydrogens is 793 g/mol. The summed E-state index contributed by atoms with van der Waals surface area (Å²) < 4.78 is 40.3. The molecule has 6 nitrogen and oxygen atoms in total. The predicted octanol–water partition coefficient (Wildman–Crippen LogP) is 14.7. The van der Waals surface area contributed by atoms with Gasteiger partial charge in [-0.15, -0.1) is 0 Å². The van der Waals surface area contributed by atoms with Crippen molar-refractivity contribution in [3.63, 3.8) is 0 Å². The summed E-state index contributed by atoms with van der Waals surface area (Å²) in [6, 6.07) is 18.6. The molecule has 9 heteroatoms. The van der Waals surface area contributed by atoms with E-state index in [2.05, 4.69) is 185 Å². The zero-order valence-corrected chi connectivity index (χ0v) is 45.5. The summed E-state index contributed by atoms with van der Waals surface area (Å²) in [5.74, 6) is 1.98. The second-order valence-electron chi connectivity index (χ2n) is 22.8. The smallest absolute Gasteiger partial charge is 0.192 e. The molecule has 0 saturated heterocycles. The number of benzene rings is 2. The summed E-state index contributed by atoms with van der Waals surface area (Å²) in [5.41, 5.74) is 2.29. The monoisotopic (exact) mass is 885 g/mol. The molecule has 0 unspecified atom stereocenters. The van der Waals surface area contributed by atoms with E-state index in [4.69, 9.17) is 27.5 Å². The molecule has 0 aliphatic heterocycles. The second-order valence-corrected chi connectivity index (χ2v) is 37.1. The van der Waals surface area contributed by atoms with Crippen LogP contribution in [0.5, 0.6) is 5.75 Å². The number of rotatable bonds is 24. The van der Waals surface area contributed by atoms with E-state index in [0.29, 0.717) is 31.7 Å². The maximum Gasteiger partial charge on any atom is 0.192 e. The van der Waals surface area contributed by atoms with Crippen molar-refractivity contribution in [2.75, 3.05) is 20.3 Å². The van der Waals surface area contributed by atoms with Gasteiger partial charge in [-0.3, -0.25) is 0 Å². The highest BCUT2D eigenvalue weighted by molar-refractivity contribution is 6.75. The van der Waals surface area contributed by atoms with E-state index in [1.807, 2.05) is 18.2 Å². The fraction of sp³-hybridized carbons (Fsp3) is 0.725. The molecule has 8 atom stereocenters. The largest absolute Gasteiger partial charge is 0.497 e. The molecule has 0 saturated carbocycles. The van der Waals surface area contributed by atoms with Crippen LogP contribution < -0.4 is 4.74 Å². The van der Waals surface area contributed by atoms with Gasteiger partial charge in [-0.05, 0) is 95.9 Å². The van der Waals surface area contributed by atoms with E-state index in [1.165, 1.54) is 5.56 Å². The Morgan fingerprint density at radius 3 is 1.57 bits per heavy atom. The minimum atomic E-state index is -2.18. The lowest BCUT2D eigenvalue weighted by atomic mass is 9.85. The fourth-order valence-electron chi connectivity index (χ4n) is 6.87. The third-order valence-electron chi connectivity index (χ3n) is 14.2. The first-order valence-electron chi connectivity index (χ1n) is 23.0. The first kappa shape index (κ1) is 54.6. The van der Waals surface area contributed by atoms with Crippen molar-refractivity contribution >= 4 is 25.0 Å². The standard InChI is InChI=1S/C51H92O6Si3/c1-38(33-39(2)47(57-60(20,21)51(12,13)14)41(4)35-55-58(16,17)49(6,7)8)27-32-46(56-59(18,19)50(9,10)11)42(5)48(54-37-44-28-30-45(52-15)31-29-44)40(3)34-53-36-43-25-23-22-24-26-43/h22-32,38-42,46-48H,33-37H2,1-21H3/b32-27+/t38-,39-,40-,41-,42-,46+,47+,48-/m0/s1. The number of hydrogen-bond donors (Lipinski definition) is 0. The maximum absolute atomic E-state index is 7.37. The van der Waals surface area contributed by atoms with E-state index in [-0.39, 0.29) is 51.2 Å². The summed E-state index contributed by atoms with van der Waals surface area (Å²) in [4.78, 5) is 0. The minimum Gasteiger partial charge on any atom is -0.497 e. The van der Waals surface area contributed by atoms with Gasteiger partial charge in [0.05, 0.1) is 45.2 Å². The third kappa shape index (κ3) is 16.9. The topological polar surface area (TPSA) is 55.4 Å². The Hall–Kier alpha value is -1.57. The highest BCUT2D eigenvalue weighted by Crippen LogP contribution is 2.42. The average Bonchev–Trinajstić information content (AvgIpc) is 3.13. The molecule has 0 fully saturated rings. The normalized spacial score (nSPS) is 17.8. The Bertz CT molecular complexity index is 1540. The summed E-state index contributed by atoms with van der Waals surface area (Å²) in [5, 5.41) is 0.344. The molecule has 0 bridgehead atoms. The zero-order chi connectivity index (χ0) is 45.9. The van der Waals surface area contributed by atoms with Crippen LogP contribution in [0.1, 0.15) is 114 Å². The van der Waals surface area contributed by atoms with Crippen molar-refractivity contribution in [1.82, 2.24) is 0 Å². The van der Waals surface area contributed by atoms with Crippen LogP contribution in [0.15, 0.2) is 66.7 Å². The van der Waals surface area contributed by atoms with Crippen LogP contribution in [-0.2, 0) is 36.0 Å². The van der Waals surface area contributed by atoms with Crippen molar-refractivity contribution in [3.05, 3.63) is 77.9 Å². The number of ether oxygens (including phenoxy) is 3. The molecule has 0 spiro atoms. The second kappa shape index (κ2) is 22.9. The van der Waals surface area contributed by atoms with Crippen LogP contribution in [0.25, 0.3) is 0 Å². The van der Waals surface area contributed by atoms with Gasteiger partial charge in [-0.25, -0.2) is 0 Å². The molecule has 2 aromatic carbocycles. The van der Waals surface area contributed by atoms with Crippen LogP contribution in [0.3, 0.4) is 0 Å². The molecule has 0 aromatic heterocycles. The molecule has 60 heavy (non-hydrogen) atoms. The maximum atomic E-state index is 7.37. The van der Waals surface area contributed by atoms with Crippen molar-refractivity contribution in [2.24, 2.45) is 29.6 Å². The van der Waals surface area contributed by atoms with E-state index in [9.17, 15) is 0 Å². The summed E-state index contributed by atoms with van der Waals surface area (Å²) >= 11 is 0. The summed E-state index contributed by atoms with van der Waals surface area (Å²) in [6.45, 7) is 49.3. The SMILES string of the molecule is COc1ccc(CO[C@H]([C@@H](C)[C@@H](/C=C/[C@H](C)C[C@H](C)[C@@H](O[Si](C)(C)C(C)(C)C)[C@@H](C)CO[Si](C)(C)C(C)(C)C)O[Si](C)(C)C(C)(C)C)[C@@H](C)COCc2ccccc2)cc1. The molecule has 0 aliphatic rings. The Kier molecular flexibility index (Phi) is 20.8. The lowest BCUT2D eigenvalue weighted by Gasteiger charge is -2.44. The summed E-state index contributed by atoms with van der Waals surface area (Å²) in [7, 11) is -4.43. The van der Waals surface area contributed by atoms with Gasteiger partial charge in [-0.2, -0.15) is 0 Å². The number of allylic oxidation sites excluding steroid dienone is 1. The first-order valence-corrected chi connectivity index (χ1v) is 31.7. The van der Waals surface area contributed by atoms with Crippen LogP contribution >= 0.6 is 0 Å². The van der Waals surface area contributed by atoms with Crippen LogP contribution in [0, 0.1) is 29.6 Å². The van der Waals surface area contributed by atoms with E-state index >= 15 is 0 Å². The average molecular weight is 886 g/mol. The minimum absolute atomic E-state index is 0.0553. The van der Waals surface area contributed by atoms with Gasteiger partial charge in [0.1, 0.15) is 5.75 Å². The quantitative estimate of drug-likeness (QED) is 0.0773. The van der Waals surface area contributed by atoms with Gasteiger partial charge in [0.15, 0.2) is 25.0 Å². The Morgan fingerprint density at radius 2 is 1.05 bits per heavy atom. The van der Waals surface area contributed by atoms with Crippen LogP contribution in [0.4, 0.5) is 0 Å². The highest BCUT2D eigenvalue weighted by Gasteiger charge is 2.44.